The van der Waals surface area contributed by atoms with Crippen LogP contribution in [0.1, 0.15) is 25.8 Å². The second kappa shape index (κ2) is 8.27. The van der Waals surface area contributed by atoms with E-state index < -0.39 is 4.92 Å². The van der Waals surface area contributed by atoms with Gasteiger partial charge in [-0.15, -0.1) is 0 Å². The first-order valence-electron chi connectivity index (χ1n) is 6.69. The summed E-state index contributed by atoms with van der Waals surface area (Å²) >= 11 is 0. The number of hydrogen-bond donors (Lipinski definition) is 2. The van der Waals surface area contributed by atoms with Gasteiger partial charge >= 0.3 is 0 Å². The fraction of sp³-hybridized carbons (Fsp3) is 0.500. The second-order valence-corrected chi connectivity index (χ2v) is 5.05. The van der Waals surface area contributed by atoms with Crippen molar-refractivity contribution in [1.82, 2.24) is 10.6 Å². The summed E-state index contributed by atoms with van der Waals surface area (Å²) in [6.45, 7) is 5.97. The third-order valence-corrected chi connectivity index (χ3v) is 2.71. The summed E-state index contributed by atoms with van der Waals surface area (Å²) in [6.07, 6.45) is 0.430. The van der Waals surface area contributed by atoms with Crippen molar-refractivity contribution in [3.63, 3.8) is 0 Å². The Morgan fingerprint density at radius 1 is 1.30 bits per heavy atom. The molecule has 0 saturated carbocycles. The minimum absolute atomic E-state index is 0.0369. The first kappa shape index (κ1) is 16.1. The van der Waals surface area contributed by atoms with Crippen LogP contribution in [0.3, 0.4) is 0 Å². The highest BCUT2D eigenvalue weighted by Crippen LogP contribution is 2.11. The molecule has 0 aromatic heterocycles. The van der Waals surface area contributed by atoms with Crippen LogP contribution in [0.25, 0.3) is 0 Å². The van der Waals surface area contributed by atoms with Crippen LogP contribution in [0.2, 0.25) is 0 Å². The molecule has 2 N–H and O–H groups in total. The van der Waals surface area contributed by atoms with Gasteiger partial charge in [0.25, 0.3) is 5.69 Å². The second-order valence-electron chi connectivity index (χ2n) is 5.05. The molecule has 1 rings (SSSR count). The highest BCUT2D eigenvalue weighted by molar-refractivity contribution is 5.76. The first-order valence-corrected chi connectivity index (χ1v) is 6.69. The summed E-state index contributed by atoms with van der Waals surface area (Å²) in [6, 6.07) is 6.38. The molecule has 0 bridgehead atoms. The van der Waals surface area contributed by atoms with Crippen molar-refractivity contribution in [2.24, 2.45) is 5.92 Å². The molecule has 0 unspecified atom stereocenters. The van der Waals surface area contributed by atoms with E-state index in [1.807, 2.05) is 13.8 Å². The Kier molecular flexibility index (Phi) is 6.66. The van der Waals surface area contributed by atoms with E-state index in [1.165, 1.54) is 12.1 Å². The maximum Gasteiger partial charge on any atom is 0.269 e. The lowest BCUT2D eigenvalue weighted by atomic mass is 10.2. The average Bonchev–Trinajstić information content (AvgIpc) is 2.42. The van der Waals surface area contributed by atoms with Gasteiger partial charge in [0.1, 0.15) is 0 Å². The van der Waals surface area contributed by atoms with Crippen molar-refractivity contribution in [3.8, 4) is 0 Å². The maximum absolute atomic E-state index is 11.5. The molecule has 0 heterocycles. The van der Waals surface area contributed by atoms with Crippen LogP contribution in [0.5, 0.6) is 0 Å². The van der Waals surface area contributed by atoms with E-state index in [0.717, 1.165) is 5.56 Å². The Bertz CT molecular complexity index is 443. The Labute approximate surface area is 118 Å². The van der Waals surface area contributed by atoms with Gasteiger partial charge in [-0.3, -0.25) is 14.9 Å². The van der Waals surface area contributed by atoms with E-state index in [4.69, 9.17) is 0 Å². The smallest absolute Gasteiger partial charge is 0.269 e. The summed E-state index contributed by atoms with van der Waals surface area (Å²) in [4.78, 5) is 21.5. The number of benzene rings is 1. The van der Waals surface area contributed by atoms with E-state index in [1.54, 1.807) is 12.1 Å². The zero-order valence-corrected chi connectivity index (χ0v) is 11.9. The average molecular weight is 279 g/mol. The number of amides is 1. The van der Waals surface area contributed by atoms with Gasteiger partial charge in [0.2, 0.25) is 5.91 Å². The molecule has 0 radical (unpaired) electrons. The summed E-state index contributed by atoms with van der Waals surface area (Å²) < 4.78 is 0. The van der Waals surface area contributed by atoms with Gasteiger partial charge in [0, 0.05) is 38.2 Å². The molecular formula is C14H21N3O3. The number of nitrogens with zero attached hydrogens (tertiary/aromatic N) is 1. The summed E-state index contributed by atoms with van der Waals surface area (Å²) in [5.41, 5.74) is 1.04. The number of nitrogens with one attached hydrogen (secondary N) is 2. The van der Waals surface area contributed by atoms with Gasteiger partial charge in [0.05, 0.1) is 4.92 Å². The number of non-ortho nitro benzene ring substituents is 1. The molecule has 0 aliphatic heterocycles. The largest absolute Gasteiger partial charge is 0.356 e. The number of hydrogen-bond acceptors (Lipinski definition) is 4. The molecule has 0 aliphatic rings. The van der Waals surface area contributed by atoms with Gasteiger partial charge < -0.3 is 10.6 Å². The van der Waals surface area contributed by atoms with Crippen LogP contribution < -0.4 is 10.6 Å². The minimum Gasteiger partial charge on any atom is -0.356 e. The van der Waals surface area contributed by atoms with Crippen molar-refractivity contribution in [2.75, 3.05) is 13.1 Å². The highest BCUT2D eigenvalue weighted by atomic mass is 16.6. The Hall–Kier alpha value is -1.95. The monoisotopic (exact) mass is 279 g/mol. The standard InChI is InChI=1S/C14H21N3O3/c1-11(2)9-16-14(18)7-8-15-10-12-3-5-13(6-4-12)17(19)20/h3-6,11,15H,7-10H2,1-2H3,(H,16,18). The van der Waals surface area contributed by atoms with E-state index in [2.05, 4.69) is 10.6 Å². The SMILES string of the molecule is CC(C)CNC(=O)CCNCc1ccc([N+](=O)[O-])cc1. The van der Waals surface area contributed by atoms with Crippen LogP contribution in [-0.2, 0) is 11.3 Å². The molecule has 1 aromatic carbocycles. The third kappa shape index (κ3) is 6.29. The molecule has 6 heteroatoms. The van der Waals surface area contributed by atoms with Crippen molar-refractivity contribution >= 4 is 11.6 Å². The molecule has 0 spiro atoms. The van der Waals surface area contributed by atoms with E-state index in [9.17, 15) is 14.9 Å². The van der Waals surface area contributed by atoms with Crippen molar-refractivity contribution < 1.29 is 9.72 Å². The fourth-order valence-electron chi connectivity index (χ4n) is 1.58. The lowest BCUT2D eigenvalue weighted by molar-refractivity contribution is -0.384. The molecule has 0 atom stereocenters. The van der Waals surface area contributed by atoms with Gasteiger partial charge in [-0.1, -0.05) is 26.0 Å². The van der Waals surface area contributed by atoms with E-state index in [-0.39, 0.29) is 11.6 Å². The molecule has 20 heavy (non-hydrogen) atoms. The number of carbonyl (C=O) groups is 1. The summed E-state index contributed by atoms with van der Waals surface area (Å²) in [5.74, 6) is 0.488. The number of nitro benzene ring substituents is 1. The quantitative estimate of drug-likeness (QED) is 0.432. The third-order valence-electron chi connectivity index (χ3n) is 2.71. The predicted molar refractivity (Wildman–Crippen MR) is 77.3 cm³/mol. The number of rotatable bonds is 8. The molecule has 1 amide bonds. The Morgan fingerprint density at radius 3 is 2.50 bits per heavy atom. The van der Waals surface area contributed by atoms with Gasteiger partial charge in [-0.25, -0.2) is 0 Å². The van der Waals surface area contributed by atoms with Gasteiger partial charge in [0.15, 0.2) is 0 Å². The normalized spacial score (nSPS) is 10.6. The van der Waals surface area contributed by atoms with Crippen molar-refractivity contribution in [3.05, 3.63) is 39.9 Å². The molecule has 1 aromatic rings. The van der Waals surface area contributed by atoms with E-state index >= 15 is 0 Å². The van der Waals surface area contributed by atoms with Crippen molar-refractivity contribution in [1.29, 1.82) is 0 Å². The molecule has 0 saturated heterocycles. The Balaban J connectivity index is 2.21. The number of carbonyl (C=O) groups excluding carboxylic acids is 1. The van der Waals surface area contributed by atoms with Gasteiger partial charge in [-0.05, 0) is 11.5 Å². The molecule has 0 fully saturated rings. The summed E-state index contributed by atoms with van der Waals surface area (Å²) in [5, 5.41) is 16.5. The molecular weight excluding hydrogens is 258 g/mol. The van der Waals surface area contributed by atoms with Crippen LogP contribution in [0.15, 0.2) is 24.3 Å². The van der Waals surface area contributed by atoms with Gasteiger partial charge in [-0.2, -0.15) is 0 Å². The zero-order valence-electron chi connectivity index (χ0n) is 11.9. The lowest BCUT2D eigenvalue weighted by Crippen LogP contribution is -2.30. The zero-order chi connectivity index (χ0) is 15.0. The van der Waals surface area contributed by atoms with Crippen LogP contribution in [0, 0.1) is 16.0 Å². The minimum atomic E-state index is -0.420. The van der Waals surface area contributed by atoms with Crippen LogP contribution >= 0.6 is 0 Å². The topological polar surface area (TPSA) is 84.3 Å². The summed E-state index contributed by atoms with van der Waals surface area (Å²) in [7, 11) is 0. The lowest BCUT2D eigenvalue weighted by Gasteiger charge is -2.08. The van der Waals surface area contributed by atoms with Crippen LogP contribution in [-0.4, -0.2) is 23.9 Å². The molecule has 6 nitrogen and oxygen atoms in total. The molecule has 110 valence electrons. The Morgan fingerprint density at radius 2 is 1.95 bits per heavy atom. The fourth-order valence-corrected chi connectivity index (χ4v) is 1.58. The first-order chi connectivity index (χ1) is 9.49. The molecule has 0 aliphatic carbocycles. The highest BCUT2D eigenvalue weighted by Gasteiger charge is 2.04. The van der Waals surface area contributed by atoms with Crippen molar-refractivity contribution in [2.45, 2.75) is 26.8 Å². The number of nitro groups is 1. The van der Waals surface area contributed by atoms with Crippen LogP contribution in [0.4, 0.5) is 5.69 Å². The van der Waals surface area contributed by atoms with E-state index in [0.29, 0.717) is 32.0 Å². The maximum atomic E-state index is 11.5. The predicted octanol–water partition coefficient (Wildman–Crippen LogP) is 1.85.